The number of carbonyl (C=O) groups excluding carboxylic acids is 1. The van der Waals surface area contributed by atoms with Crippen LogP contribution in [-0.4, -0.2) is 5.78 Å². The molecule has 0 fully saturated rings. The maximum atomic E-state index is 11.3. The van der Waals surface area contributed by atoms with Crippen LogP contribution in [0, 0.1) is 0 Å². The van der Waals surface area contributed by atoms with E-state index < -0.39 is 0 Å². The van der Waals surface area contributed by atoms with Crippen molar-refractivity contribution in [3.05, 3.63) is 71.2 Å². The summed E-state index contributed by atoms with van der Waals surface area (Å²) in [6.45, 7) is 1.58. The van der Waals surface area contributed by atoms with E-state index in [9.17, 15) is 4.79 Å². The van der Waals surface area contributed by atoms with Crippen molar-refractivity contribution >= 4 is 28.2 Å². The Morgan fingerprint density at radius 1 is 0.850 bits per heavy atom. The van der Waals surface area contributed by atoms with Gasteiger partial charge in [0.25, 0.3) is 0 Å². The number of rotatable bonds is 2. The molecule has 0 aliphatic carbocycles. The number of benzene rings is 3. The molecule has 0 aromatic heterocycles. The molecule has 0 N–H and O–H groups in total. The van der Waals surface area contributed by atoms with E-state index in [-0.39, 0.29) is 5.78 Å². The Morgan fingerprint density at radius 3 is 2.15 bits per heavy atom. The fourth-order valence-electron chi connectivity index (χ4n) is 2.40. The zero-order valence-corrected chi connectivity index (χ0v) is 11.8. The van der Waals surface area contributed by atoms with E-state index in [1.165, 1.54) is 0 Å². The molecule has 0 aliphatic rings. The van der Waals surface area contributed by atoms with E-state index in [4.69, 9.17) is 11.6 Å². The van der Waals surface area contributed by atoms with Gasteiger partial charge in [-0.2, -0.15) is 0 Å². The van der Waals surface area contributed by atoms with Crippen molar-refractivity contribution in [2.75, 3.05) is 0 Å². The van der Waals surface area contributed by atoms with Gasteiger partial charge in [0.15, 0.2) is 5.78 Å². The summed E-state index contributed by atoms with van der Waals surface area (Å²) in [5.41, 5.74) is 2.94. The molecular formula is C18H13ClO. The average molecular weight is 281 g/mol. The van der Waals surface area contributed by atoms with E-state index in [0.717, 1.165) is 32.5 Å². The first-order valence-corrected chi connectivity index (χ1v) is 6.83. The van der Waals surface area contributed by atoms with Gasteiger partial charge in [0.2, 0.25) is 0 Å². The molecule has 0 saturated carbocycles. The molecule has 0 saturated heterocycles. The average Bonchev–Trinajstić information content (AvgIpc) is 2.48. The summed E-state index contributed by atoms with van der Waals surface area (Å²) in [6.07, 6.45) is 0. The normalized spacial score (nSPS) is 10.7. The SMILES string of the molecule is CC(=O)c1ccc(-c2ccc(Cl)c3ccccc23)cc1. The monoisotopic (exact) mass is 280 g/mol. The molecule has 0 unspecified atom stereocenters. The van der Waals surface area contributed by atoms with Gasteiger partial charge in [-0.3, -0.25) is 4.79 Å². The summed E-state index contributed by atoms with van der Waals surface area (Å²) >= 11 is 6.24. The molecule has 3 aromatic rings. The van der Waals surface area contributed by atoms with Crippen LogP contribution >= 0.6 is 11.6 Å². The molecule has 0 bridgehead atoms. The summed E-state index contributed by atoms with van der Waals surface area (Å²) in [6, 6.07) is 19.7. The van der Waals surface area contributed by atoms with Gasteiger partial charge in [0.05, 0.1) is 0 Å². The van der Waals surface area contributed by atoms with E-state index in [1.54, 1.807) is 6.92 Å². The van der Waals surface area contributed by atoms with Crippen LogP contribution < -0.4 is 0 Å². The first-order chi connectivity index (χ1) is 9.66. The third-order valence-electron chi connectivity index (χ3n) is 3.47. The van der Waals surface area contributed by atoms with Gasteiger partial charge in [0, 0.05) is 16.0 Å². The summed E-state index contributed by atoms with van der Waals surface area (Å²) in [5.74, 6) is 0.0810. The summed E-state index contributed by atoms with van der Waals surface area (Å²) < 4.78 is 0. The van der Waals surface area contributed by atoms with Crippen molar-refractivity contribution < 1.29 is 4.79 Å². The molecule has 0 amide bonds. The van der Waals surface area contributed by atoms with Crippen LogP contribution in [0.15, 0.2) is 60.7 Å². The van der Waals surface area contributed by atoms with E-state index in [2.05, 4.69) is 6.07 Å². The van der Waals surface area contributed by atoms with Gasteiger partial charge in [-0.15, -0.1) is 0 Å². The van der Waals surface area contributed by atoms with Gasteiger partial charge in [-0.1, -0.05) is 66.2 Å². The summed E-state index contributed by atoms with van der Waals surface area (Å²) in [5, 5.41) is 2.92. The molecule has 3 rings (SSSR count). The van der Waals surface area contributed by atoms with Gasteiger partial charge < -0.3 is 0 Å². The maximum Gasteiger partial charge on any atom is 0.159 e. The first kappa shape index (κ1) is 12.9. The highest BCUT2D eigenvalue weighted by atomic mass is 35.5. The molecule has 98 valence electrons. The zero-order valence-electron chi connectivity index (χ0n) is 11.1. The molecule has 20 heavy (non-hydrogen) atoms. The Bertz CT molecular complexity index is 788. The minimum absolute atomic E-state index is 0.0810. The van der Waals surface area contributed by atoms with Crippen molar-refractivity contribution in [2.45, 2.75) is 6.92 Å². The van der Waals surface area contributed by atoms with Crippen molar-refractivity contribution in [3.63, 3.8) is 0 Å². The molecule has 0 atom stereocenters. The molecule has 0 aliphatic heterocycles. The number of fused-ring (bicyclic) bond motifs is 1. The zero-order chi connectivity index (χ0) is 14.1. The van der Waals surface area contributed by atoms with Gasteiger partial charge in [-0.05, 0) is 29.5 Å². The number of halogens is 1. The molecule has 1 nitrogen and oxygen atoms in total. The molecule has 0 spiro atoms. The van der Waals surface area contributed by atoms with Crippen LogP contribution in [0.3, 0.4) is 0 Å². The minimum Gasteiger partial charge on any atom is -0.295 e. The lowest BCUT2D eigenvalue weighted by Gasteiger charge is -2.09. The molecule has 3 aromatic carbocycles. The Labute approximate surface area is 122 Å². The largest absolute Gasteiger partial charge is 0.295 e. The van der Waals surface area contributed by atoms with Crippen LogP contribution in [0.4, 0.5) is 0 Å². The third-order valence-corrected chi connectivity index (χ3v) is 3.80. The Morgan fingerprint density at radius 2 is 1.50 bits per heavy atom. The van der Waals surface area contributed by atoms with E-state index in [0.29, 0.717) is 0 Å². The first-order valence-electron chi connectivity index (χ1n) is 6.45. The lowest BCUT2D eigenvalue weighted by Crippen LogP contribution is -1.91. The lowest BCUT2D eigenvalue weighted by molar-refractivity contribution is 0.101. The van der Waals surface area contributed by atoms with Crippen LogP contribution in [0.1, 0.15) is 17.3 Å². The molecule has 2 heteroatoms. The highest BCUT2D eigenvalue weighted by Crippen LogP contribution is 2.33. The summed E-state index contributed by atoms with van der Waals surface area (Å²) in [7, 11) is 0. The molecular weight excluding hydrogens is 268 g/mol. The Hall–Kier alpha value is -2.12. The topological polar surface area (TPSA) is 17.1 Å². The third kappa shape index (κ3) is 2.21. The second kappa shape index (κ2) is 5.10. The quantitative estimate of drug-likeness (QED) is 0.577. The van der Waals surface area contributed by atoms with Crippen LogP contribution in [0.25, 0.3) is 21.9 Å². The lowest BCUT2D eigenvalue weighted by atomic mass is 9.97. The minimum atomic E-state index is 0.0810. The molecule has 0 radical (unpaired) electrons. The molecule has 0 heterocycles. The van der Waals surface area contributed by atoms with Crippen LogP contribution in [-0.2, 0) is 0 Å². The van der Waals surface area contributed by atoms with Crippen molar-refractivity contribution in [1.29, 1.82) is 0 Å². The predicted molar refractivity (Wildman–Crippen MR) is 84.4 cm³/mol. The van der Waals surface area contributed by atoms with Crippen molar-refractivity contribution in [3.8, 4) is 11.1 Å². The Balaban J connectivity index is 2.19. The van der Waals surface area contributed by atoms with E-state index >= 15 is 0 Å². The van der Waals surface area contributed by atoms with Crippen molar-refractivity contribution in [2.24, 2.45) is 0 Å². The number of Topliss-reactive ketones (excluding diaryl/α,β-unsaturated/α-hetero) is 1. The highest BCUT2D eigenvalue weighted by Gasteiger charge is 2.07. The van der Waals surface area contributed by atoms with Gasteiger partial charge in [0.1, 0.15) is 0 Å². The fourth-order valence-corrected chi connectivity index (χ4v) is 2.63. The van der Waals surface area contributed by atoms with Gasteiger partial charge in [-0.25, -0.2) is 0 Å². The second-order valence-corrected chi connectivity index (χ2v) is 5.18. The standard InChI is InChI=1S/C18H13ClO/c1-12(20)13-6-8-14(9-7-13)15-10-11-18(19)17-5-3-2-4-16(15)17/h2-11H,1H3. The number of hydrogen-bond acceptors (Lipinski definition) is 1. The van der Waals surface area contributed by atoms with E-state index in [1.807, 2.05) is 54.6 Å². The Kier molecular flexibility index (Phi) is 3.29. The number of ketones is 1. The van der Waals surface area contributed by atoms with Gasteiger partial charge >= 0.3 is 0 Å². The summed E-state index contributed by atoms with van der Waals surface area (Å²) in [4.78, 5) is 11.3. The number of hydrogen-bond donors (Lipinski definition) is 0. The predicted octanol–water partition coefficient (Wildman–Crippen LogP) is 5.36. The highest BCUT2D eigenvalue weighted by molar-refractivity contribution is 6.36. The maximum absolute atomic E-state index is 11.3. The van der Waals surface area contributed by atoms with Crippen molar-refractivity contribution in [1.82, 2.24) is 0 Å². The fraction of sp³-hybridized carbons (Fsp3) is 0.0556. The smallest absolute Gasteiger partial charge is 0.159 e. The van der Waals surface area contributed by atoms with Crippen LogP contribution in [0.2, 0.25) is 5.02 Å². The second-order valence-electron chi connectivity index (χ2n) is 4.77. The number of carbonyl (C=O) groups is 1. The van der Waals surface area contributed by atoms with Crippen LogP contribution in [0.5, 0.6) is 0 Å².